The Morgan fingerprint density at radius 2 is 2.18 bits per heavy atom. The number of para-hydroxylation sites is 1. The molecule has 2 N–H and O–H groups in total. The second-order valence-electron chi connectivity index (χ2n) is 4.35. The molecule has 1 atom stereocenters. The Kier molecular flexibility index (Phi) is 1.90. The molecule has 1 unspecified atom stereocenters. The molecule has 1 aromatic rings. The lowest BCUT2D eigenvalue weighted by atomic mass is 9.90. The van der Waals surface area contributed by atoms with Gasteiger partial charge in [0.2, 0.25) is 0 Å². The predicted molar refractivity (Wildman–Crippen MR) is 63.0 cm³/mol. The molecule has 1 aromatic carbocycles. The standard InChI is InChI=1S/C13H12N2O2/c1-2-4-11-9(3-1)12-8(6-16-11)7-17-13-10(12)5-14-15-13/h1-4,6,13-15H,5,7H2. The van der Waals surface area contributed by atoms with E-state index >= 15 is 0 Å². The Bertz CT molecular complexity index is 548. The number of fused-ring (bicyclic) bond motifs is 4. The summed E-state index contributed by atoms with van der Waals surface area (Å²) in [4.78, 5) is 0. The summed E-state index contributed by atoms with van der Waals surface area (Å²) in [6.07, 6.45) is 1.80. The summed E-state index contributed by atoms with van der Waals surface area (Å²) < 4.78 is 11.3. The molecule has 0 saturated carbocycles. The lowest BCUT2D eigenvalue weighted by Gasteiger charge is -2.29. The third kappa shape index (κ3) is 1.29. The summed E-state index contributed by atoms with van der Waals surface area (Å²) in [5.41, 5.74) is 11.1. The third-order valence-electron chi connectivity index (χ3n) is 3.36. The highest BCUT2D eigenvalue weighted by atomic mass is 16.5. The van der Waals surface area contributed by atoms with Gasteiger partial charge in [-0.2, -0.15) is 0 Å². The Labute approximate surface area is 98.9 Å². The Morgan fingerprint density at radius 1 is 1.24 bits per heavy atom. The van der Waals surface area contributed by atoms with Crippen LogP contribution in [0, 0.1) is 0 Å². The Balaban J connectivity index is 1.97. The van der Waals surface area contributed by atoms with Gasteiger partial charge in [-0.3, -0.25) is 5.43 Å². The van der Waals surface area contributed by atoms with Crippen LogP contribution in [0.1, 0.15) is 5.56 Å². The lowest BCUT2D eigenvalue weighted by Crippen LogP contribution is -2.35. The number of benzene rings is 1. The first-order valence-corrected chi connectivity index (χ1v) is 5.72. The van der Waals surface area contributed by atoms with Crippen LogP contribution in [-0.4, -0.2) is 19.4 Å². The van der Waals surface area contributed by atoms with Crippen LogP contribution >= 0.6 is 0 Å². The normalized spacial score (nSPS) is 25.6. The number of hydrazine groups is 1. The molecule has 3 aliphatic rings. The average molecular weight is 228 g/mol. The van der Waals surface area contributed by atoms with Gasteiger partial charge in [0.25, 0.3) is 0 Å². The van der Waals surface area contributed by atoms with Gasteiger partial charge in [-0.15, -0.1) is 0 Å². The minimum atomic E-state index is -0.00620. The van der Waals surface area contributed by atoms with Gasteiger partial charge in [0.05, 0.1) is 12.9 Å². The monoisotopic (exact) mass is 228 g/mol. The molecule has 4 heteroatoms. The maximum Gasteiger partial charge on any atom is 0.145 e. The number of ether oxygens (including phenoxy) is 2. The molecular weight excluding hydrogens is 216 g/mol. The molecule has 0 aromatic heterocycles. The van der Waals surface area contributed by atoms with E-state index in [0.29, 0.717) is 6.61 Å². The topological polar surface area (TPSA) is 42.5 Å². The van der Waals surface area contributed by atoms with Gasteiger partial charge in [-0.05, 0) is 17.2 Å². The highest BCUT2D eigenvalue weighted by Gasteiger charge is 2.33. The van der Waals surface area contributed by atoms with Gasteiger partial charge in [0, 0.05) is 17.7 Å². The second-order valence-corrected chi connectivity index (χ2v) is 4.35. The Hall–Kier alpha value is -1.62. The second kappa shape index (κ2) is 3.43. The van der Waals surface area contributed by atoms with Gasteiger partial charge in [0.15, 0.2) is 0 Å². The molecule has 1 saturated heterocycles. The van der Waals surface area contributed by atoms with Crippen molar-refractivity contribution in [3.63, 3.8) is 0 Å². The molecule has 1 fully saturated rings. The van der Waals surface area contributed by atoms with E-state index in [0.717, 1.165) is 17.9 Å². The average Bonchev–Trinajstić information content (AvgIpc) is 2.86. The Morgan fingerprint density at radius 3 is 3.18 bits per heavy atom. The lowest BCUT2D eigenvalue weighted by molar-refractivity contribution is 0.0737. The number of nitrogens with one attached hydrogen (secondary N) is 2. The van der Waals surface area contributed by atoms with Crippen LogP contribution in [0.15, 0.2) is 41.7 Å². The van der Waals surface area contributed by atoms with E-state index in [4.69, 9.17) is 9.47 Å². The van der Waals surface area contributed by atoms with Crippen molar-refractivity contribution in [2.45, 2.75) is 6.23 Å². The molecule has 0 bridgehead atoms. The van der Waals surface area contributed by atoms with Crippen LogP contribution in [0.3, 0.4) is 0 Å². The summed E-state index contributed by atoms with van der Waals surface area (Å²) >= 11 is 0. The smallest absolute Gasteiger partial charge is 0.145 e. The van der Waals surface area contributed by atoms with Crippen molar-refractivity contribution >= 4 is 5.57 Å². The molecule has 4 nitrogen and oxygen atoms in total. The first-order valence-electron chi connectivity index (χ1n) is 5.72. The zero-order chi connectivity index (χ0) is 11.2. The van der Waals surface area contributed by atoms with Crippen LogP contribution < -0.4 is 15.6 Å². The van der Waals surface area contributed by atoms with Crippen molar-refractivity contribution in [3.05, 3.63) is 47.2 Å². The van der Waals surface area contributed by atoms with Gasteiger partial charge in [-0.1, -0.05) is 18.2 Å². The zero-order valence-corrected chi connectivity index (χ0v) is 9.19. The highest BCUT2D eigenvalue weighted by molar-refractivity contribution is 5.87. The largest absolute Gasteiger partial charge is 0.464 e. The van der Waals surface area contributed by atoms with E-state index < -0.39 is 0 Å². The number of hydrogen-bond donors (Lipinski definition) is 2. The van der Waals surface area contributed by atoms with Crippen molar-refractivity contribution in [1.82, 2.24) is 10.9 Å². The molecule has 3 aliphatic heterocycles. The molecule has 0 aliphatic carbocycles. The van der Waals surface area contributed by atoms with Gasteiger partial charge >= 0.3 is 0 Å². The van der Waals surface area contributed by atoms with E-state index in [2.05, 4.69) is 16.9 Å². The molecule has 0 radical (unpaired) electrons. The van der Waals surface area contributed by atoms with Gasteiger partial charge < -0.3 is 9.47 Å². The molecule has 3 heterocycles. The maximum absolute atomic E-state index is 5.71. The van der Waals surface area contributed by atoms with Crippen molar-refractivity contribution in [2.75, 3.05) is 13.2 Å². The SMILES string of the molecule is C1=C2COC3NNCC3=C2c2ccccc2O1. The van der Waals surface area contributed by atoms with Crippen molar-refractivity contribution < 1.29 is 9.47 Å². The van der Waals surface area contributed by atoms with E-state index in [1.54, 1.807) is 6.26 Å². The molecule has 0 amide bonds. The quantitative estimate of drug-likeness (QED) is 0.699. The summed E-state index contributed by atoms with van der Waals surface area (Å²) in [6, 6.07) is 8.13. The van der Waals surface area contributed by atoms with Crippen molar-refractivity contribution in [1.29, 1.82) is 0 Å². The first-order chi connectivity index (χ1) is 8.43. The molecule has 0 spiro atoms. The van der Waals surface area contributed by atoms with Crippen LogP contribution in [0.5, 0.6) is 5.75 Å². The van der Waals surface area contributed by atoms with E-state index in [-0.39, 0.29) is 6.23 Å². The van der Waals surface area contributed by atoms with Crippen LogP contribution in [-0.2, 0) is 4.74 Å². The van der Waals surface area contributed by atoms with Crippen molar-refractivity contribution in [2.24, 2.45) is 0 Å². The van der Waals surface area contributed by atoms with E-state index in [1.807, 2.05) is 18.2 Å². The molecule has 86 valence electrons. The number of rotatable bonds is 0. The fourth-order valence-corrected chi connectivity index (χ4v) is 2.58. The fourth-order valence-electron chi connectivity index (χ4n) is 2.58. The first kappa shape index (κ1) is 9.41. The van der Waals surface area contributed by atoms with Crippen molar-refractivity contribution in [3.8, 4) is 5.75 Å². The summed E-state index contributed by atoms with van der Waals surface area (Å²) in [5, 5.41) is 0. The van der Waals surface area contributed by atoms with Crippen LogP contribution in [0.25, 0.3) is 5.57 Å². The third-order valence-corrected chi connectivity index (χ3v) is 3.36. The minimum Gasteiger partial charge on any atom is -0.464 e. The fraction of sp³-hybridized carbons (Fsp3) is 0.231. The number of hydrogen-bond acceptors (Lipinski definition) is 4. The predicted octanol–water partition coefficient (Wildman–Crippen LogP) is 1.18. The van der Waals surface area contributed by atoms with Gasteiger partial charge in [0.1, 0.15) is 12.0 Å². The highest BCUT2D eigenvalue weighted by Crippen LogP contribution is 2.41. The summed E-state index contributed by atoms with van der Waals surface area (Å²) in [6.45, 7) is 1.40. The van der Waals surface area contributed by atoms with E-state index in [1.165, 1.54) is 16.7 Å². The molecule has 17 heavy (non-hydrogen) atoms. The summed E-state index contributed by atoms with van der Waals surface area (Å²) in [7, 11) is 0. The minimum absolute atomic E-state index is 0.00620. The summed E-state index contributed by atoms with van der Waals surface area (Å²) in [5.74, 6) is 0.923. The molecule has 4 rings (SSSR count). The zero-order valence-electron chi connectivity index (χ0n) is 9.19. The van der Waals surface area contributed by atoms with Crippen LogP contribution in [0.2, 0.25) is 0 Å². The maximum atomic E-state index is 5.71. The van der Waals surface area contributed by atoms with E-state index in [9.17, 15) is 0 Å². The van der Waals surface area contributed by atoms with Crippen LogP contribution in [0.4, 0.5) is 0 Å². The molecular formula is C13H12N2O2. The van der Waals surface area contributed by atoms with Gasteiger partial charge in [-0.25, -0.2) is 5.43 Å².